The number of amides is 1. The van der Waals surface area contributed by atoms with Gasteiger partial charge in [-0.25, -0.2) is 4.79 Å². The molecule has 0 saturated heterocycles. The van der Waals surface area contributed by atoms with Crippen LogP contribution in [0.5, 0.6) is 0 Å². The minimum absolute atomic E-state index is 0.310. The molecule has 0 radical (unpaired) electrons. The number of allylic oxidation sites excluding steroid dienone is 3. The molecule has 0 aromatic rings. The minimum Gasteiger partial charge on any atom is -0.443 e. The summed E-state index contributed by atoms with van der Waals surface area (Å²) in [7, 11) is 0. The van der Waals surface area contributed by atoms with Crippen LogP contribution in [-0.4, -0.2) is 29.7 Å². The van der Waals surface area contributed by atoms with E-state index in [1.54, 1.807) is 11.1 Å². The second-order valence-corrected chi connectivity index (χ2v) is 5.54. The Hall–Kier alpha value is -1.97. The average Bonchev–Trinajstić information content (AvgIpc) is 2.38. The van der Waals surface area contributed by atoms with Crippen LogP contribution in [0.25, 0.3) is 0 Å². The molecule has 102 valence electrons. The number of hydrogen-bond acceptors (Lipinski definition) is 3. The van der Waals surface area contributed by atoms with Gasteiger partial charge < -0.3 is 10.1 Å². The molecular formula is C15H20N2O2. The third-order valence-corrected chi connectivity index (χ3v) is 2.74. The number of carbonyl (C=O) groups is 1. The number of ether oxygens (including phenoxy) is 1. The van der Waals surface area contributed by atoms with Crippen LogP contribution in [-0.2, 0) is 4.74 Å². The number of carbonyl (C=O) groups excluding carboxylic acids is 1. The SMILES string of the molecule is CC(C)(C)OC(=O)N1C=CC(C2=CC=CNC2)=CC1. The van der Waals surface area contributed by atoms with Gasteiger partial charge in [-0.2, -0.15) is 0 Å². The lowest BCUT2D eigenvalue weighted by Crippen LogP contribution is -2.34. The zero-order valence-corrected chi connectivity index (χ0v) is 11.6. The fourth-order valence-electron chi connectivity index (χ4n) is 1.85. The Morgan fingerprint density at radius 3 is 2.74 bits per heavy atom. The summed E-state index contributed by atoms with van der Waals surface area (Å²) in [4.78, 5) is 13.5. The Labute approximate surface area is 114 Å². The Kier molecular flexibility index (Phi) is 3.79. The maximum Gasteiger partial charge on any atom is 0.414 e. The van der Waals surface area contributed by atoms with Crippen LogP contribution in [0.1, 0.15) is 20.8 Å². The van der Waals surface area contributed by atoms with Gasteiger partial charge >= 0.3 is 6.09 Å². The van der Waals surface area contributed by atoms with E-state index in [0.717, 1.165) is 12.1 Å². The molecule has 0 unspecified atom stereocenters. The van der Waals surface area contributed by atoms with E-state index in [4.69, 9.17) is 4.74 Å². The zero-order chi connectivity index (χ0) is 13.9. The smallest absolute Gasteiger partial charge is 0.414 e. The van der Waals surface area contributed by atoms with Crippen LogP contribution in [0.4, 0.5) is 4.79 Å². The van der Waals surface area contributed by atoms with Gasteiger partial charge in [0, 0.05) is 19.3 Å². The van der Waals surface area contributed by atoms with E-state index in [2.05, 4.69) is 11.4 Å². The van der Waals surface area contributed by atoms with Crippen molar-refractivity contribution < 1.29 is 9.53 Å². The lowest BCUT2D eigenvalue weighted by Gasteiger charge is -2.26. The van der Waals surface area contributed by atoms with E-state index in [1.807, 2.05) is 45.2 Å². The van der Waals surface area contributed by atoms with E-state index in [9.17, 15) is 4.79 Å². The van der Waals surface area contributed by atoms with Gasteiger partial charge in [0.25, 0.3) is 0 Å². The lowest BCUT2D eigenvalue weighted by atomic mass is 10.0. The molecule has 4 heteroatoms. The predicted octanol–water partition coefficient (Wildman–Crippen LogP) is 2.72. The largest absolute Gasteiger partial charge is 0.443 e. The molecule has 0 saturated carbocycles. The number of dihydropyridines is 1. The first-order valence-electron chi connectivity index (χ1n) is 6.43. The van der Waals surface area contributed by atoms with Gasteiger partial charge in [-0.3, -0.25) is 4.90 Å². The number of rotatable bonds is 1. The summed E-state index contributed by atoms with van der Waals surface area (Å²) in [5.41, 5.74) is 1.91. The molecule has 2 aliphatic rings. The van der Waals surface area contributed by atoms with E-state index in [-0.39, 0.29) is 6.09 Å². The molecule has 0 spiro atoms. The summed E-state index contributed by atoms with van der Waals surface area (Å²) in [5, 5.41) is 3.17. The quantitative estimate of drug-likeness (QED) is 0.788. The summed E-state index contributed by atoms with van der Waals surface area (Å²) in [6.07, 6.45) is 11.4. The highest BCUT2D eigenvalue weighted by molar-refractivity contribution is 5.70. The maximum absolute atomic E-state index is 11.9. The second-order valence-electron chi connectivity index (χ2n) is 5.54. The van der Waals surface area contributed by atoms with Gasteiger partial charge in [-0.15, -0.1) is 0 Å². The fraction of sp³-hybridized carbons (Fsp3) is 0.400. The summed E-state index contributed by atoms with van der Waals surface area (Å²) in [5.74, 6) is 0. The summed E-state index contributed by atoms with van der Waals surface area (Å²) in [6.45, 7) is 6.96. The molecule has 0 aromatic heterocycles. The molecule has 2 rings (SSSR count). The molecule has 4 nitrogen and oxygen atoms in total. The third kappa shape index (κ3) is 3.74. The van der Waals surface area contributed by atoms with Crippen LogP contribution in [0.3, 0.4) is 0 Å². The number of nitrogens with zero attached hydrogens (tertiary/aromatic N) is 1. The van der Waals surface area contributed by atoms with Crippen LogP contribution in [0.2, 0.25) is 0 Å². The minimum atomic E-state index is -0.463. The molecule has 0 bridgehead atoms. The highest BCUT2D eigenvalue weighted by atomic mass is 16.6. The number of hydrogen-bond donors (Lipinski definition) is 1. The molecule has 0 atom stereocenters. The average molecular weight is 260 g/mol. The number of nitrogens with one attached hydrogen (secondary N) is 1. The summed E-state index contributed by atoms with van der Waals surface area (Å²) >= 11 is 0. The van der Waals surface area contributed by atoms with E-state index in [0.29, 0.717) is 6.54 Å². The van der Waals surface area contributed by atoms with E-state index >= 15 is 0 Å². The zero-order valence-electron chi connectivity index (χ0n) is 11.6. The van der Waals surface area contributed by atoms with Gasteiger partial charge in [0.1, 0.15) is 5.60 Å². The Balaban J connectivity index is 1.97. The van der Waals surface area contributed by atoms with Gasteiger partial charge in [0.2, 0.25) is 0 Å². The van der Waals surface area contributed by atoms with Crippen molar-refractivity contribution in [1.29, 1.82) is 0 Å². The highest BCUT2D eigenvalue weighted by Crippen LogP contribution is 2.19. The first-order valence-corrected chi connectivity index (χ1v) is 6.43. The first kappa shape index (κ1) is 13.5. The molecule has 0 aliphatic carbocycles. The molecule has 1 N–H and O–H groups in total. The Morgan fingerprint density at radius 2 is 2.21 bits per heavy atom. The molecule has 1 amide bonds. The normalized spacial score (nSPS) is 18.6. The topological polar surface area (TPSA) is 41.6 Å². The summed E-state index contributed by atoms with van der Waals surface area (Å²) in [6, 6.07) is 0. The van der Waals surface area contributed by atoms with Crippen molar-refractivity contribution in [1.82, 2.24) is 10.2 Å². The van der Waals surface area contributed by atoms with Crippen LogP contribution in [0.15, 0.2) is 47.9 Å². The van der Waals surface area contributed by atoms with E-state index in [1.165, 1.54) is 5.57 Å². The van der Waals surface area contributed by atoms with Crippen LogP contribution >= 0.6 is 0 Å². The Morgan fingerprint density at radius 1 is 1.42 bits per heavy atom. The standard InChI is InChI=1S/C15H20N2O2/c1-15(2,3)19-14(18)17-9-6-12(7-10-17)13-5-4-8-16-11-13/h4-9,16H,10-11H2,1-3H3. The lowest BCUT2D eigenvalue weighted by molar-refractivity contribution is 0.0350. The van der Waals surface area contributed by atoms with Gasteiger partial charge in [0.15, 0.2) is 0 Å². The van der Waals surface area contributed by atoms with Crippen molar-refractivity contribution in [2.45, 2.75) is 26.4 Å². The van der Waals surface area contributed by atoms with Gasteiger partial charge in [0.05, 0.1) is 0 Å². The molecule has 19 heavy (non-hydrogen) atoms. The van der Waals surface area contributed by atoms with Crippen molar-refractivity contribution in [3.8, 4) is 0 Å². The molecule has 2 heterocycles. The third-order valence-electron chi connectivity index (χ3n) is 2.74. The molecule has 2 aliphatic heterocycles. The predicted molar refractivity (Wildman–Crippen MR) is 75.4 cm³/mol. The molecular weight excluding hydrogens is 240 g/mol. The second kappa shape index (κ2) is 5.34. The van der Waals surface area contributed by atoms with Crippen molar-refractivity contribution >= 4 is 6.09 Å². The highest BCUT2D eigenvalue weighted by Gasteiger charge is 2.21. The monoisotopic (exact) mass is 260 g/mol. The molecule has 0 fully saturated rings. The Bertz CT molecular complexity index is 479. The van der Waals surface area contributed by atoms with E-state index < -0.39 is 5.60 Å². The van der Waals surface area contributed by atoms with Crippen molar-refractivity contribution in [3.63, 3.8) is 0 Å². The maximum atomic E-state index is 11.9. The first-order chi connectivity index (χ1) is 8.96. The van der Waals surface area contributed by atoms with Crippen molar-refractivity contribution in [2.75, 3.05) is 13.1 Å². The van der Waals surface area contributed by atoms with Crippen molar-refractivity contribution in [3.05, 3.63) is 47.9 Å². The molecule has 0 aromatic carbocycles. The van der Waals surface area contributed by atoms with Crippen LogP contribution < -0.4 is 5.32 Å². The van der Waals surface area contributed by atoms with Crippen LogP contribution in [0, 0.1) is 0 Å². The fourth-order valence-corrected chi connectivity index (χ4v) is 1.85. The summed E-state index contributed by atoms with van der Waals surface area (Å²) < 4.78 is 5.33. The van der Waals surface area contributed by atoms with Crippen molar-refractivity contribution in [2.24, 2.45) is 0 Å². The van der Waals surface area contributed by atoms with Gasteiger partial charge in [-0.1, -0.05) is 12.2 Å². The van der Waals surface area contributed by atoms with Gasteiger partial charge in [-0.05, 0) is 50.3 Å².